The van der Waals surface area contributed by atoms with Crippen molar-refractivity contribution in [3.8, 4) is 5.75 Å². The summed E-state index contributed by atoms with van der Waals surface area (Å²) in [6.07, 6.45) is 3.35. The van der Waals surface area contributed by atoms with Crippen molar-refractivity contribution in [1.82, 2.24) is 24.9 Å². The molecule has 3 aromatic rings. The Morgan fingerprint density at radius 2 is 2.03 bits per heavy atom. The van der Waals surface area contributed by atoms with Crippen LogP contribution in [0.25, 0.3) is 0 Å². The van der Waals surface area contributed by atoms with E-state index in [1.807, 2.05) is 37.4 Å². The van der Waals surface area contributed by atoms with Crippen LogP contribution in [0.3, 0.4) is 0 Å². The number of benzene rings is 1. The molecule has 33 heavy (non-hydrogen) atoms. The van der Waals surface area contributed by atoms with E-state index in [9.17, 15) is 14.4 Å². The van der Waals surface area contributed by atoms with E-state index in [1.165, 1.54) is 0 Å². The third-order valence-electron chi connectivity index (χ3n) is 5.58. The topological polar surface area (TPSA) is 125 Å². The fraction of sp³-hybridized carbons (Fsp3) is 0.391. The molecule has 1 aliphatic heterocycles. The number of piperidine rings is 1. The Labute approximate surface area is 190 Å². The van der Waals surface area contributed by atoms with Crippen LogP contribution in [0.1, 0.15) is 34.6 Å². The van der Waals surface area contributed by atoms with Gasteiger partial charge in [0.1, 0.15) is 17.7 Å². The second-order valence-corrected chi connectivity index (χ2v) is 8.38. The first-order chi connectivity index (χ1) is 16.0. The maximum Gasteiger partial charge on any atom is 0.326 e. The minimum Gasteiger partial charge on any atom is -0.493 e. The molecule has 0 bridgehead atoms. The van der Waals surface area contributed by atoms with Gasteiger partial charge in [-0.3, -0.25) is 19.5 Å². The summed E-state index contributed by atoms with van der Waals surface area (Å²) in [5.41, 5.74) is 0.786. The van der Waals surface area contributed by atoms with E-state index in [4.69, 9.17) is 9.26 Å². The van der Waals surface area contributed by atoms with Gasteiger partial charge in [0.05, 0.1) is 12.3 Å². The number of carbonyl (C=O) groups is 1. The van der Waals surface area contributed by atoms with Gasteiger partial charge in [0.2, 0.25) is 0 Å². The van der Waals surface area contributed by atoms with E-state index in [1.54, 1.807) is 11.2 Å². The van der Waals surface area contributed by atoms with Crippen LogP contribution in [0.5, 0.6) is 5.75 Å². The lowest BCUT2D eigenvalue weighted by Gasteiger charge is -2.32. The molecule has 3 heterocycles. The van der Waals surface area contributed by atoms with Gasteiger partial charge in [0.15, 0.2) is 0 Å². The molecule has 174 valence electrons. The highest BCUT2D eigenvalue weighted by Crippen LogP contribution is 2.20. The second kappa shape index (κ2) is 10.3. The highest BCUT2D eigenvalue weighted by atomic mass is 16.5. The van der Waals surface area contributed by atoms with Crippen LogP contribution in [0.2, 0.25) is 0 Å². The van der Waals surface area contributed by atoms with E-state index >= 15 is 0 Å². The molecule has 0 unspecified atom stereocenters. The lowest BCUT2D eigenvalue weighted by atomic mass is 9.98. The van der Waals surface area contributed by atoms with E-state index in [2.05, 4.69) is 20.0 Å². The molecule has 1 aromatic carbocycles. The van der Waals surface area contributed by atoms with E-state index < -0.39 is 11.2 Å². The standard InChI is InChI=1S/C23H27N5O5/c1-27(14-18-8-10-33-26-18)12-16-4-6-19(7-5-16)32-15-17-3-2-9-28(13-17)22(30)20-11-21(29)25-23(31)24-20/h4-8,10-11,17H,2-3,9,12-15H2,1H3,(H2,24,25,29,31)/t17-/m0/s1. The molecule has 1 atom stereocenters. The Kier molecular flexibility index (Phi) is 7.04. The molecule has 2 N–H and O–H groups in total. The normalized spacial score (nSPS) is 16.2. The van der Waals surface area contributed by atoms with Crippen LogP contribution < -0.4 is 16.0 Å². The lowest BCUT2D eigenvalue weighted by Crippen LogP contribution is -2.43. The molecule has 1 fully saturated rings. The first kappa shape index (κ1) is 22.5. The Morgan fingerprint density at radius 3 is 2.76 bits per heavy atom. The van der Waals surface area contributed by atoms with Gasteiger partial charge < -0.3 is 19.1 Å². The average Bonchev–Trinajstić information content (AvgIpc) is 3.30. The molecule has 1 saturated heterocycles. The molecular formula is C23H27N5O5. The summed E-state index contributed by atoms with van der Waals surface area (Å²) in [4.78, 5) is 44.0. The molecule has 0 aliphatic carbocycles. The number of likely N-dealkylation sites (tertiary alicyclic amines) is 1. The zero-order valence-electron chi connectivity index (χ0n) is 18.5. The number of aromatic amines is 2. The lowest BCUT2D eigenvalue weighted by molar-refractivity contribution is 0.0627. The van der Waals surface area contributed by atoms with Crippen molar-refractivity contribution in [3.63, 3.8) is 0 Å². The van der Waals surface area contributed by atoms with Crippen LogP contribution in [-0.2, 0) is 13.1 Å². The quantitative estimate of drug-likeness (QED) is 0.531. The first-order valence-corrected chi connectivity index (χ1v) is 10.9. The predicted molar refractivity (Wildman–Crippen MR) is 120 cm³/mol. The zero-order valence-corrected chi connectivity index (χ0v) is 18.5. The number of nitrogens with one attached hydrogen (secondary N) is 2. The van der Waals surface area contributed by atoms with Crippen molar-refractivity contribution in [3.05, 3.63) is 80.5 Å². The van der Waals surface area contributed by atoms with Crippen molar-refractivity contribution in [2.75, 3.05) is 26.7 Å². The van der Waals surface area contributed by atoms with Gasteiger partial charge in [0.25, 0.3) is 11.5 Å². The third-order valence-corrected chi connectivity index (χ3v) is 5.58. The maximum atomic E-state index is 12.7. The van der Waals surface area contributed by atoms with Crippen molar-refractivity contribution in [2.45, 2.75) is 25.9 Å². The minimum atomic E-state index is -0.685. The highest BCUT2D eigenvalue weighted by Gasteiger charge is 2.25. The number of amides is 1. The second-order valence-electron chi connectivity index (χ2n) is 8.38. The van der Waals surface area contributed by atoms with Crippen molar-refractivity contribution >= 4 is 5.91 Å². The molecule has 10 nitrogen and oxygen atoms in total. The van der Waals surface area contributed by atoms with E-state index in [0.717, 1.165) is 42.5 Å². The molecule has 4 rings (SSSR count). The zero-order chi connectivity index (χ0) is 23.2. The highest BCUT2D eigenvalue weighted by molar-refractivity contribution is 5.92. The fourth-order valence-electron chi connectivity index (χ4n) is 4.01. The third kappa shape index (κ3) is 6.19. The van der Waals surface area contributed by atoms with Gasteiger partial charge in [-0.15, -0.1) is 0 Å². The largest absolute Gasteiger partial charge is 0.493 e. The Balaban J connectivity index is 1.27. The van der Waals surface area contributed by atoms with Gasteiger partial charge in [-0.1, -0.05) is 17.3 Å². The van der Waals surface area contributed by atoms with Gasteiger partial charge in [-0.2, -0.15) is 0 Å². The van der Waals surface area contributed by atoms with Crippen LogP contribution in [0, 0.1) is 5.92 Å². The number of H-pyrrole nitrogens is 2. The summed E-state index contributed by atoms with van der Waals surface area (Å²) < 4.78 is 10.8. The number of ether oxygens (including phenoxy) is 1. The van der Waals surface area contributed by atoms with Crippen LogP contribution >= 0.6 is 0 Å². The SMILES string of the molecule is CN(Cc1ccc(OC[C@H]2CCCN(C(=O)c3cc(=O)[nH]c(=O)[nH]3)C2)cc1)Cc1ccon1. The molecule has 1 aliphatic rings. The molecule has 2 aromatic heterocycles. The summed E-state index contributed by atoms with van der Waals surface area (Å²) in [6, 6.07) is 10.9. The number of carbonyl (C=O) groups excluding carboxylic acids is 1. The molecule has 0 radical (unpaired) electrons. The monoisotopic (exact) mass is 453 g/mol. The molecule has 1 amide bonds. The summed E-state index contributed by atoms with van der Waals surface area (Å²) in [5, 5.41) is 3.93. The minimum absolute atomic E-state index is 0.00873. The molecule has 0 saturated carbocycles. The first-order valence-electron chi connectivity index (χ1n) is 10.9. The number of aromatic nitrogens is 3. The molecule has 10 heteroatoms. The number of nitrogens with zero attached hydrogens (tertiary/aromatic N) is 3. The summed E-state index contributed by atoms with van der Waals surface area (Å²) >= 11 is 0. The van der Waals surface area contributed by atoms with Crippen LogP contribution in [0.4, 0.5) is 0 Å². The van der Waals surface area contributed by atoms with E-state index in [0.29, 0.717) is 26.2 Å². The Bertz CT molecular complexity index is 1140. The van der Waals surface area contributed by atoms with Crippen LogP contribution in [0.15, 0.2) is 56.8 Å². The summed E-state index contributed by atoms with van der Waals surface area (Å²) in [5.74, 6) is 0.604. The maximum absolute atomic E-state index is 12.7. The Morgan fingerprint density at radius 1 is 1.21 bits per heavy atom. The number of hydrogen-bond acceptors (Lipinski definition) is 7. The van der Waals surface area contributed by atoms with Gasteiger partial charge in [-0.25, -0.2) is 4.79 Å². The fourth-order valence-corrected chi connectivity index (χ4v) is 4.01. The van der Waals surface area contributed by atoms with Crippen molar-refractivity contribution < 1.29 is 14.1 Å². The Hall–Kier alpha value is -3.66. The molecular weight excluding hydrogens is 426 g/mol. The summed E-state index contributed by atoms with van der Waals surface area (Å²) in [7, 11) is 2.02. The van der Waals surface area contributed by atoms with Gasteiger partial charge in [-0.05, 0) is 37.6 Å². The number of rotatable bonds is 8. The van der Waals surface area contributed by atoms with Gasteiger partial charge >= 0.3 is 5.69 Å². The van der Waals surface area contributed by atoms with Crippen molar-refractivity contribution in [2.24, 2.45) is 5.92 Å². The average molecular weight is 453 g/mol. The summed E-state index contributed by atoms with van der Waals surface area (Å²) in [6.45, 7) is 3.06. The van der Waals surface area contributed by atoms with Crippen molar-refractivity contribution in [1.29, 1.82) is 0 Å². The predicted octanol–water partition coefficient (Wildman–Crippen LogP) is 1.61. The van der Waals surface area contributed by atoms with Crippen LogP contribution in [-0.4, -0.2) is 57.6 Å². The number of hydrogen-bond donors (Lipinski definition) is 2. The van der Waals surface area contributed by atoms with E-state index in [-0.39, 0.29) is 17.5 Å². The molecule has 0 spiro atoms. The van der Waals surface area contributed by atoms with Gasteiger partial charge in [0, 0.05) is 44.2 Å². The smallest absolute Gasteiger partial charge is 0.326 e.